The molecule has 4 aromatic heterocycles. The Morgan fingerprint density at radius 3 is 1.62 bits per heavy atom. The first kappa shape index (κ1) is 22.9. The summed E-state index contributed by atoms with van der Waals surface area (Å²) in [6, 6.07) is 40.8. The van der Waals surface area contributed by atoms with Gasteiger partial charge in [-0.1, -0.05) is 78.9 Å². The van der Waals surface area contributed by atoms with E-state index in [0.29, 0.717) is 5.82 Å². The second-order valence-electron chi connectivity index (χ2n) is 10.6. The molecule has 5 nitrogen and oxygen atoms in total. The number of hydrogen-bond acceptors (Lipinski definition) is 3. The zero-order valence-electron chi connectivity index (χ0n) is 22.5. The van der Waals surface area contributed by atoms with Crippen LogP contribution in [0.25, 0.3) is 77.1 Å². The Bertz CT molecular complexity index is 2430. The predicted molar refractivity (Wildman–Crippen MR) is 171 cm³/mol. The normalized spacial score (nSPS) is 11.8. The van der Waals surface area contributed by atoms with Crippen LogP contribution in [0.2, 0.25) is 0 Å². The summed E-state index contributed by atoms with van der Waals surface area (Å²) in [4.78, 5) is 13.7. The minimum atomic E-state index is 0.679. The van der Waals surface area contributed by atoms with Gasteiger partial charge in [-0.05, 0) is 41.8 Å². The van der Waals surface area contributed by atoms with Crippen LogP contribution in [0.1, 0.15) is 0 Å². The molecule has 0 aliphatic rings. The number of aromatic nitrogens is 5. The molecule has 0 amide bonds. The molecular weight excluding hydrogens is 514 g/mol. The Morgan fingerprint density at radius 2 is 1.00 bits per heavy atom. The van der Waals surface area contributed by atoms with Gasteiger partial charge in [0.1, 0.15) is 0 Å². The standard InChI is InChI=1S/C37H23N5/c1-2-8-26(9-3-1)41-32-12-6-4-10-28(32)30-16-14-24-15-17-31-29-11-5-7-13-33(29)42(36(31)34(24)35(30)41)27-22-39-37(40-23-27)25-18-20-38-21-19-25/h1-23H. The van der Waals surface area contributed by atoms with E-state index in [1.165, 1.54) is 43.4 Å². The molecule has 5 heteroatoms. The third kappa shape index (κ3) is 3.22. The van der Waals surface area contributed by atoms with E-state index in [1.807, 2.05) is 24.5 Å². The quantitative estimate of drug-likeness (QED) is 0.226. The molecule has 0 fully saturated rings. The van der Waals surface area contributed by atoms with Gasteiger partial charge in [-0.15, -0.1) is 0 Å². The molecule has 5 aromatic carbocycles. The molecule has 0 unspecified atom stereocenters. The average molecular weight is 538 g/mol. The van der Waals surface area contributed by atoms with E-state index >= 15 is 0 Å². The van der Waals surface area contributed by atoms with Crippen molar-refractivity contribution in [2.75, 3.05) is 0 Å². The predicted octanol–water partition coefficient (Wildman–Crippen LogP) is 8.89. The number of nitrogens with zero attached hydrogens (tertiary/aromatic N) is 5. The van der Waals surface area contributed by atoms with E-state index < -0.39 is 0 Å². The van der Waals surface area contributed by atoms with E-state index in [1.54, 1.807) is 12.4 Å². The van der Waals surface area contributed by atoms with Gasteiger partial charge in [-0.2, -0.15) is 0 Å². The number of para-hydroxylation sites is 3. The zero-order valence-corrected chi connectivity index (χ0v) is 22.5. The molecule has 0 bridgehead atoms. The lowest BCUT2D eigenvalue weighted by atomic mass is 10.0. The van der Waals surface area contributed by atoms with Gasteiger partial charge < -0.3 is 9.13 Å². The summed E-state index contributed by atoms with van der Waals surface area (Å²) in [5.41, 5.74) is 7.67. The number of fused-ring (bicyclic) bond motifs is 9. The minimum Gasteiger partial charge on any atom is -0.309 e. The van der Waals surface area contributed by atoms with Gasteiger partial charge in [0.2, 0.25) is 0 Å². The monoisotopic (exact) mass is 537 g/mol. The summed E-state index contributed by atoms with van der Waals surface area (Å²) < 4.78 is 4.74. The Labute approximate surface area is 241 Å². The topological polar surface area (TPSA) is 48.5 Å². The first-order valence-electron chi connectivity index (χ1n) is 14.0. The number of rotatable bonds is 3. The first-order chi connectivity index (χ1) is 20.9. The largest absolute Gasteiger partial charge is 0.309 e. The molecule has 42 heavy (non-hydrogen) atoms. The molecule has 0 radical (unpaired) electrons. The molecule has 9 rings (SSSR count). The highest BCUT2D eigenvalue weighted by molar-refractivity contribution is 6.28. The molecule has 0 aliphatic heterocycles. The zero-order chi connectivity index (χ0) is 27.6. The van der Waals surface area contributed by atoms with Crippen molar-refractivity contribution in [3.63, 3.8) is 0 Å². The fourth-order valence-electron chi connectivity index (χ4n) is 6.51. The lowest BCUT2D eigenvalue weighted by Crippen LogP contribution is -1.99. The van der Waals surface area contributed by atoms with Crippen molar-refractivity contribution in [1.29, 1.82) is 0 Å². The fraction of sp³-hybridized carbons (Fsp3) is 0. The van der Waals surface area contributed by atoms with E-state index in [2.05, 4.69) is 117 Å². The summed E-state index contributed by atoms with van der Waals surface area (Å²) in [6.07, 6.45) is 7.40. The lowest BCUT2D eigenvalue weighted by Gasteiger charge is -2.13. The molecule has 0 atom stereocenters. The van der Waals surface area contributed by atoms with E-state index in [-0.39, 0.29) is 0 Å². The highest BCUT2D eigenvalue weighted by atomic mass is 15.0. The van der Waals surface area contributed by atoms with Crippen LogP contribution in [0, 0.1) is 0 Å². The third-order valence-corrected chi connectivity index (χ3v) is 8.30. The van der Waals surface area contributed by atoms with Crippen molar-refractivity contribution in [2.45, 2.75) is 0 Å². The van der Waals surface area contributed by atoms with Gasteiger partial charge in [0, 0.05) is 50.6 Å². The maximum absolute atomic E-state index is 4.80. The second kappa shape index (κ2) is 8.85. The molecule has 196 valence electrons. The van der Waals surface area contributed by atoms with Crippen molar-refractivity contribution in [3.05, 3.63) is 140 Å². The van der Waals surface area contributed by atoms with Gasteiger partial charge in [0.15, 0.2) is 5.82 Å². The van der Waals surface area contributed by atoms with Crippen molar-refractivity contribution in [1.82, 2.24) is 24.1 Å². The molecule has 0 aliphatic carbocycles. The molecule has 0 spiro atoms. The van der Waals surface area contributed by atoms with Crippen LogP contribution in [0.5, 0.6) is 0 Å². The summed E-state index contributed by atoms with van der Waals surface area (Å²) in [6.45, 7) is 0. The lowest BCUT2D eigenvalue weighted by molar-refractivity contribution is 1.08. The number of pyridine rings is 1. The molecule has 9 aromatic rings. The Kier molecular flexibility index (Phi) is 4.83. The first-order valence-corrected chi connectivity index (χ1v) is 14.0. The molecule has 0 saturated heterocycles. The Hall–Kier alpha value is -5.81. The summed E-state index contributed by atoms with van der Waals surface area (Å²) in [5, 5.41) is 7.27. The second-order valence-corrected chi connectivity index (χ2v) is 10.6. The van der Waals surface area contributed by atoms with Crippen LogP contribution in [0.3, 0.4) is 0 Å². The van der Waals surface area contributed by atoms with Crippen molar-refractivity contribution >= 4 is 54.4 Å². The Balaban J connectivity index is 1.46. The van der Waals surface area contributed by atoms with Gasteiger partial charge in [-0.25, -0.2) is 9.97 Å². The van der Waals surface area contributed by atoms with E-state index in [0.717, 1.165) is 28.0 Å². The fourth-order valence-corrected chi connectivity index (χ4v) is 6.51. The molecule has 4 heterocycles. The third-order valence-electron chi connectivity index (χ3n) is 8.30. The summed E-state index contributed by atoms with van der Waals surface area (Å²) in [5.74, 6) is 0.679. The van der Waals surface area contributed by atoms with Crippen LogP contribution in [-0.4, -0.2) is 24.1 Å². The number of benzene rings is 5. The van der Waals surface area contributed by atoms with Gasteiger partial charge in [-0.3, -0.25) is 4.98 Å². The van der Waals surface area contributed by atoms with Gasteiger partial charge >= 0.3 is 0 Å². The van der Waals surface area contributed by atoms with Gasteiger partial charge in [0.25, 0.3) is 0 Å². The van der Waals surface area contributed by atoms with E-state index in [4.69, 9.17) is 9.97 Å². The Morgan fingerprint density at radius 1 is 0.452 bits per heavy atom. The summed E-state index contributed by atoms with van der Waals surface area (Å²) in [7, 11) is 0. The molecule has 0 saturated carbocycles. The van der Waals surface area contributed by atoms with Crippen LogP contribution in [-0.2, 0) is 0 Å². The number of hydrogen-bond donors (Lipinski definition) is 0. The molecule has 0 N–H and O–H groups in total. The highest BCUT2D eigenvalue weighted by Gasteiger charge is 2.21. The van der Waals surface area contributed by atoms with Crippen LogP contribution < -0.4 is 0 Å². The van der Waals surface area contributed by atoms with Crippen molar-refractivity contribution in [2.24, 2.45) is 0 Å². The van der Waals surface area contributed by atoms with Gasteiger partial charge in [0.05, 0.1) is 40.1 Å². The smallest absolute Gasteiger partial charge is 0.159 e. The van der Waals surface area contributed by atoms with Crippen LogP contribution in [0.15, 0.2) is 140 Å². The van der Waals surface area contributed by atoms with Crippen molar-refractivity contribution < 1.29 is 0 Å². The minimum absolute atomic E-state index is 0.679. The SMILES string of the molecule is c1ccc(-n2c3ccccc3c3ccc4ccc5c6ccccc6n(-c6cnc(-c7ccncc7)nc6)c5c4c32)cc1. The maximum Gasteiger partial charge on any atom is 0.159 e. The average Bonchev–Trinajstić information content (AvgIpc) is 3.59. The van der Waals surface area contributed by atoms with Crippen LogP contribution in [0.4, 0.5) is 0 Å². The van der Waals surface area contributed by atoms with Crippen LogP contribution >= 0.6 is 0 Å². The molecular formula is C37H23N5. The highest BCUT2D eigenvalue weighted by Crippen LogP contribution is 2.42. The summed E-state index contributed by atoms with van der Waals surface area (Å²) >= 11 is 0. The van der Waals surface area contributed by atoms with E-state index in [9.17, 15) is 0 Å². The van der Waals surface area contributed by atoms with Crippen molar-refractivity contribution in [3.8, 4) is 22.8 Å². The maximum atomic E-state index is 4.80.